The molecule has 0 unspecified atom stereocenters. The molecule has 1 fully saturated rings. The summed E-state index contributed by atoms with van der Waals surface area (Å²) < 4.78 is 6.48. The van der Waals surface area contributed by atoms with Crippen molar-refractivity contribution in [3.8, 4) is 78.7 Å². The van der Waals surface area contributed by atoms with Crippen LogP contribution in [0.4, 0.5) is 0 Å². The van der Waals surface area contributed by atoms with Gasteiger partial charge in [-0.25, -0.2) is 15.0 Å². The van der Waals surface area contributed by atoms with Crippen LogP contribution in [0.25, 0.3) is 101 Å². The molecule has 10 aromatic rings. The summed E-state index contributed by atoms with van der Waals surface area (Å²) in [6.07, 6.45) is 6.43. The van der Waals surface area contributed by atoms with Crippen LogP contribution in [0.1, 0.15) is 43.2 Å². The lowest BCUT2D eigenvalue weighted by Crippen LogP contribution is -2.27. The molecule has 290 valence electrons. The van der Waals surface area contributed by atoms with Gasteiger partial charge in [-0.05, 0) is 98.8 Å². The van der Waals surface area contributed by atoms with Gasteiger partial charge in [-0.15, -0.1) is 0 Å². The lowest BCUT2D eigenvalue weighted by molar-refractivity contribution is 0.353. The van der Waals surface area contributed by atoms with Crippen LogP contribution in [0.3, 0.4) is 0 Å². The first-order valence-corrected chi connectivity index (χ1v) is 21.5. The van der Waals surface area contributed by atoms with Crippen LogP contribution in [-0.2, 0) is 5.41 Å². The molecule has 2 aliphatic carbocycles. The third-order valence-electron chi connectivity index (χ3n) is 13.2. The molecule has 2 aromatic heterocycles. The van der Waals surface area contributed by atoms with Gasteiger partial charge >= 0.3 is 0 Å². The molecule has 0 radical (unpaired) electrons. The number of nitrogens with zero attached hydrogens (tertiary/aromatic N) is 3. The van der Waals surface area contributed by atoms with E-state index in [-0.39, 0.29) is 5.41 Å². The van der Waals surface area contributed by atoms with Gasteiger partial charge in [0, 0.05) is 27.3 Å². The molecule has 2 heterocycles. The van der Waals surface area contributed by atoms with Crippen LogP contribution in [0.15, 0.2) is 192 Å². The van der Waals surface area contributed by atoms with E-state index in [0.717, 1.165) is 55.3 Å². The minimum Gasteiger partial charge on any atom is -0.455 e. The lowest BCUT2D eigenvalue weighted by atomic mass is 9.68. The molecule has 61 heavy (non-hydrogen) atoms. The highest BCUT2D eigenvalue weighted by atomic mass is 16.3. The van der Waals surface area contributed by atoms with Crippen LogP contribution in [-0.4, -0.2) is 15.0 Å². The van der Waals surface area contributed by atoms with Crippen LogP contribution >= 0.6 is 0 Å². The Bertz CT molecular complexity index is 3280. The minimum absolute atomic E-state index is 0.166. The minimum atomic E-state index is 0.166. The van der Waals surface area contributed by atoms with Gasteiger partial charge in [-0.1, -0.05) is 177 Å². The van der Waals surface area contributed by atoms with E-state index < -0.39 is 0 Å². The maximum atomic E-state index is 6.48. The Morgan fingerprint density at radius 3 is 1.69 bits per heavy atom. The molecular weight excluding hydrogens is 743 g/mol. The van der Waals surface area contributed by atoms with Crippen LogP contribution in [0, 0.1) is 0 Å². The molecule has 0 bridgehead atoms. The van der Waals surface area contributed by atoms with E-state index in [0.29, 0.717) is 17.5 Å². The summed E-state index contributed by atoms with van der Waals surface area (Å²) in [5, 5.41) is 2.10. The third kappa shape index (κ3) is 6.01. The van der Waals surface area contributed by atoms with Crippen molar-refractivity contribution >= 4 is 21.9 Å². The second-order valence-electron chi connectivity index (χ2n) is 16.6. The van der Waals surface area contributed by atoms with E-state index in [4.69, 9.17) is 19.4 Å². The van der Waals surface area contributed by atoms with E-state index in [1.165, 1.54) is 71.0 Å². The van der Waals surface area contributed by atoms with Gasteiger partial charge in [0.2, 0.25) is 0 Å². The number of rotatable bonds is 6. The molecule has 1 saturated carbocycles. The first-order valence-electron chi connectivity index (χ1n) is 21.5. The Balaban J connectivity index is 0.923. The molecule has 0 saturated heterocycles. The summed E-state index contributed by atoms with van der Waals surface area (Å²) in [6.45, 7) is 0. The Hall–Kier alpha value is -7.43. The molecule has 0 amide bonds. The standard InChI is InChI=1S/C57H41N3O/c1-3-14-37(15-4-1)41-17-12-19-44(35-41)55-58-54(59-56(60-55)48-23-13-22-47-46-21-6-8-25-52(46)61-53(47)48)39-28-26-38(27-29-39)40-16-11-18-42(34-40)43-30-31-51-49(36-43)45-20-5-7-24-50(45)57(51)32-9-2-10-33-57/h1,3-8,11-31,34-36H,2,9-10,32-33H2. The molecule has 2 aliphatic rings. The van der Waals surface area contributed by atoms with E-state index in [9.17, 15) is 0 Å². The fourth-order valence-electron chi connectivity index (χ4n) is 10.2. The zero-order chi connectivity index (χ0) is 40.3. The van der Waals surface area contributed by atoms with Gasteiger partial charge in [-0.3, -0.25) is 0 Å². The quantitative estimate of drug-likeness (QED) is 0.169. The third-order valence-corrected chi connectivity index (χ3v) is 13.2. The van der Waals surface area contributed by atoms with E-state index in [1.54, 1.807) is 0 Å². The predicted molar refractivity (Wildman–Crippen MR) is 249 cm³/mol. The topological polar surface area (TPSA) is 51.8 Å². The second kappa shape index (κ2) is 14.4. The van der Waals surface area contributed by atoms with Gasteiger partial charge in [0.25, 0.3) is 0 Å². The van der Waals surface area contributed by atoms with Gasteiger partial charge in [0.1, 0.15) is 11.2 Å². The summed E-state index contributed by atoms with van der Waals surface area (Å²) in [5.41, 5.74) is 17.3. The van der Waals surface area contributed by atoms with Gasteiger partial charge in [0.05, 0.1) is 5.56 Å². The highest BCUT2D eigenvalue weighted by molar-refractivity contribution is 6.09. The van der Waals surface area contributed by atoms with Crippen LogP contribution in [0.5, 0.6) is 0 Å². The number of aromatic nitrogens is 3. The molecule has 0 aliphatic heterocycles. The smallest absolute Gasteiger partial charge is 0.167 e. The number of benzene rings is 8. The van der Waals surface area contributed by atoms with Crippen molar-refractivity contribution in [3.05, 3.63) is 199 Å². The monoisotopic (exact) mass is 783 g/mol. The highest BCUT2D eigenvalue weighted by Crippen LogP contribution is 2.56. The van der Waals surface area contributed by atoms with E-state index >= 15 is 0 Å². The molecular formula is C57H41N3O. The maximum absolute atomic E-state index is 6.48. The molecule has 4 nitrogen and oxygen atoms in total. The van der Waals surface area contributed by atoms with Crippen molar-refractivity contribution in [1.29, 1.82) is 0 Å². The van der Waals surface area contributed by atoms with Crippen LogP contribution in [0.2, 0.25) is 0 Å². The first kappa shape index (κ1) is 35.5. The summed E-state index contributed by atoms with van der Waals surface area (Å²) >= 11 is 0. The first-order chi connectivity index (χ1) is 30.2. The summed E-state index contributed by atoms with van der Waals surface area (Å²) in [6, 6.07) is 67.1. The largest absolute Gasteiger partial charge is 0.455 e. The average molecular weight is 784 g/mol. The van der Waals surface area contributed by atoms with Crippen molar-refractivity contribution in [2.24, 2.45) is 0 Å². The van der Waals surface area contributed by atoms with Crippen molar-refractivity contribution in [1.82, 2.24) is 15.0 Å². The zero-order valence-electron chi connectivity index (χ0n) is 33.7. The fourth-order valence-corrected chi connectivity index (χ4v) is 10.2. The van der Waals surface area contributed by atoms with Gasteiger partial charge in [-0.2, -0.15) is 0 Å². The van der Waals surface area contributed by atoms with Crippen molar-refractivity contribution in [2.75, 3.05) is 0 Å². The zero-order valence-corrected chi connectivity index (χ0v) is 33.7. The Labute approximate surface area is 355 Å². The van der Waals surface area contributed by atoms with Gasteiger partial charge in [0.15, 0.2) is 17.5 Å². The Kier molecular flexibility index (Phi) is 8.38. The fraction of sp³-hybridized carbons (Fsp3) is 0.105. The SMILES string of the molecule is c1ccc(-c2cccc(-c3nc(-c4ccc(-c5cccc(-c6ccc7c(c6)-c6ccccc6C76CCCCC6)c5)cc4)nc(-c4cccc5c4oc4ccccc45)n3)c2)cc1. The highest BCUT2D eigenvalue weighted by Gasteiger charge is 2.43. The number of hydrogen-bond acceptors (Lipinski definition) is 4. The summed E-state index contributed by atoms with van der Waals surface area (Å²) in [4.78, 5) is 15.4. The van der Waals surface area contributed by atoms with Crippen LogP contribution < -0.4 is 0 Å². The number of furan rings is 1. The van der Waals surface area contributed by atoms with Crippen molar-refractivity contribution in [2.45, 2.75) is 37.5 Å². The number of fused-ring (bicyclic) bond motifs is 8. The number of para-hydroxylation sites is 2. The molecule has 0 atom stereocenters. The lowest BCUT2D eigenvalue weighted by Gasteiger charge is -2.36. The normalized spacial score (nSPS) is 14.0. The Morgan fingerprint density at radius 2 is 0.869 bits per heavy atom. The molecule has 1 spiro atoms. The number of hydrogen-bond donors (Lipinski definition) is 0. The van der Waals surface area contributed by atoms with E-state index in [2.05, 4.69) is 158 Å². The second-order valence-corrected chi connectivity index (χ2v) is 16.6. The van der Waals surface area contributed by atoms with Crippen molar-refractivity contribution < 1.29 is 4.42 Å². The Morgan fingerprint density at radius 1 is 0.344 bits per heavy atom. The summed E-state index contributed by atoms with van der Waals surface area (Å²) in [7, 11) is 0. The molecule has 4 heteroatoms. The van der Waals surface area contributed by atoms with E-state index in [1.807, 2.05) is 30.3 Å². The molecule has 12 rings (SSSR count). The maximum Gasteiger partial charge on any atom is 0.167 e. The van der Waals surface area contributed by atoms with Crippen molar-refractivity contribution in [3.63, 3.8) is 0 Å². The average Bonchev–Trinajstić information content (AvgIpc) is 3.85. The summed E-state index contributed by atoms with van der Waals surface area (Å²) in [5.74, 6) is 1.78. The molecule has 8 aromatic carbocycles. The predicted octanol–water partition coefficient (Wildman–Crippen LogP) is 15.0. The van der Waals surface area contributed by atoms with Gasteiger partial charge < -0.3 is 4.42 Å². The molecule has 0 N–H and O–H groups in total.